The minimum Gasteiger partial charge on any atom is -0.494 e. The molecule has 1 heterocycles. The number of thioether (sulfide) groups is 1. The molecule has 2 aromatic carbocycles. The van der Waals surface area contributed by atoms with Crippen molar-refractivity contribution in [2.24, 2.45) is 10.9 Å². The molecule has 1 saturated heterocycles. The highest BCUT2D eigenvalue weighted by Gasteiger charge is 2.33. The Kier molecular flexibility index (Phi) is 6.57. The van der Waals surface area contributed by atoms with Gasteiger partial charge in [0.05, 0.1) is 17.2 Å². The third kappa shape index (κ3) is 5.04. The van der Waals surface area contributed by atoms with Gasteiger partial charge in [0, 0.05) is 6.54 Å². The van der Waals surface area contributed by atoms with Gasteiger partial charge in [0.25, 0.3) is 5.91 Å². The average molecular weight is 395 g/mol. The fraction of sp³-hybridized carbons (Fsp3) is 0.304. The number of ether oxygens (including phenoxy) is 1. The predicted molar refractivity (Wildman–Crippen MR) is 118 cm³/mol. The van der Waals surface area contributed by atoms with Gasteiger partial charge in [-0.25, -0.2) is 4.99 Å². The molecule has 1 aliphatic rings. The number of aryl methyl sites for hydroxylation is 1. The normalized spacial score (nSPS) is 17.2. The number of hydrogen-bond acceptors (Lipinski definition) is 4. The zero-order chi connectivity index (χ0) is 20.1. The first-order chi connectivity index (χ1) is 13.5. The van der Waals surface area contributed by atoms with E-state index >= 15 is 0 Å². The number of carbonyl (C=O) groups excluding carboxylic acids is 1. The lowest BCUT2D eigenvalue weighted by molar-refractivity contribution is -0.122. The van der Waals surface area contributed by atoms with E-state index in [0.29, 0.717) is 24.0 Å². The summed E-state index contributed by atoms with van der Waals surface area (Å²) in [6.45, 7) is 9.51. The second-order valence-corrected chi connectivity index (χ2v) is 8.16. The number of nitrogens with zero attached hydrogens (tertiary/aromatic N) is 2. The van der Waals surface area contributed by atoms with Gasteiger partial charge < -0.3 is 4.74 Å². The molecule has 2 aromatic rings. The van der Waals surface area contributed by atoms with E-state index in [1.165, 1.54) is 17.3 Å². The fourth-order valence-corrected chi connectivity index (χ4v) is 3.83. The highest BCUT2D eigenvalue weighted by molar-refractivity contribution is 8.18. The van der Waals surface area contributed by atoms with E-state index in [-0.39, 0.29) is 5.91 Å². The van der Waals surface area contributed by atoms with E-state index in [9.17, 15) is 4.79 Å². The lowest BCUT2D eigenvalue weighted by atomic mass is 10.2. The zero-order valence-corrected chi connectivity index (χ0v) is 17.6. The summed E-state index contributed by atoms with van der Waals surface area (Å²) in [5.74, 6) is 1.20. The van der Waals surface area contributed by atoms with Crippen LogP contribution in [0.25, 0.3) is 6.08 Å². The molecule has 0 radical (unpaired) electrons. The van der Waals surface area contributed by atoms with Gasteiger partial charge in [-0.1, -0.05) is 43.7 Å². The number of carbonyl (C=O) groups is 1. The maximum atomic E-state index is 13.0. The molecule has 0 aromatic heterocycles. The summed E-state index contributed by atoms with van der Waals surface area (Å²) >= 11 is 1.43. The molecule has 0 bridgehead atoms. The quantitative estimate of drug-likeness (QED) is 0.594. The lowest BCUT2D eigenvalue weighted by Gasteiger charge is -2.17. The fourth-order valence-electron chi connectivity index (χ4n) is 2.83. The second kappa shape index (κ2) is 9.11. The van der Waals surface area contributed by atoms with Crippen molar-refractivity contribution in [3.63, 3.8) is 0 Å². The molecule has 0 unspecified atom stereocenters. The highest BCUT2D eigenvalue weighted by atomic mass is 32.2. The van der Waals surface area contributed by atoms with Gasteiger partial charge in [-0.15, -0.1) is 0 Å². The second-order valence-electron chi connectivity index (χ2n) is 7.15. The maximum Gasteiger partial charge on any atom is 0.266 e. The van der Waals surface area contributed by atoms with Crippen LogP contribution in [0.3, 0.4) is 0 Å². The van der Waals surface area contributed by atoms with E-state index in [4.69, 9.17) is 9.73 Å². The number of aliphatic imine (C=N–C) groups is 1. The Morgan fingerprint density at radius 2 is 1.79 bits per heavy atom. The third-order valence-electron chi connectivity index (χ3n) is 4.18. The molecule has 1 fully saturated rings. The van der Waals surface area contributed by atoms with Crippen LogP contribution < -0.4 is 4.74 Å². The number of benzene rings is 2. The Morgan fingerprint density at radius 3 is 2.39 bits per heavy atom. The summed E-state index contributed by atoms with van der Waals surface area (Å²) in [7, 11) is 0. The Bertz CT molecular complexity index is 884. The van der Waals surface area contributed by atoms with Crippen molar-refractivity contribution in [1.82, 2.24) is 4.90 Å². The summed E-state index contributed by atoms with van der Waals surface area (Å²) in [6, 6.07) is 15.8. The molecule has 0 aliphatic carbocycles. The first-order valence-electron chi connectivity index (χ1n) is 9.56. The largest absolute Gasteiger partial charge is 0.494 e. The van der Waals surface area contributed by atoms with Crippen LogP contribution in [-0.2, 0) is 4.79 Å². The van der Waals surface area contributed by atoms with E-state index in [2.05, 4.69) is 13.8 Å². The lowest BCUT2D eigenvalue weighted by Crippen LogP contribution is -2.32. The van der Waals surface area contributed by atoms with Gasteiger partial charge in [0.1, 0.15) is 5.75 Å². The van der Waals surface area contributed by atoms with Crippen LogP contribution in [0.4, 0.5) is 5.69 Å². The van der Waals surface area contributed by atoms with Gasteiger partial charge in [0.15, 0.2) is 5.17 Å². The Morgan fingerprint density at radius 1 is 1.11 bits per heavy atom. The van der Waals surface area contributed by atoms with E-state index in [1.54, 1.807) is 4.90 Å². The molecule has 0 saturated carbocycles. The molecule has 0 N–H and O–H groups in total. The highest BCUT2D eigenvalue weighted by Crippen LogP contribution is 2.34. The van der Waals surface area contributed by atoms with Crippen LogP contribution in [0.15, 0.2) is 58.4 Å². The van der Waals surface area contributed by atoms with Crippen molar-refractivity contribution in [3.8, 4) is 5.75 Å². The van der Waals surface area contributed by atoms with E-state index < -0.39 is 0 Å². The van der Waals surface area contributed by atoms with Crippen molar-refractivity contribution in [2.45, 2.75) is 27.7 Å². The molecule has 4 nitrogen and oxygen atoms in total. The van der Waals surface area contributed by atoms with Crippen molar-refractivity contribution < 1.29 is 9.53 Å². The molecular formula is C23H26N2O2S. The molecule has 0 spiro atoms. The number of rotatable bonds is 6. The summed E-state index contributed by atoms with van der Waals surface area (Å²) < 4.78 is 5.48. The maximum absolute atomic E-state index is 13.0. The van der Waals surface area contributed by atoms with Crippen molar-refractivity contribution in [1.29, 1.82) is 0 Å². The first kappa shape index (κ1) is 20.2. The number of amides is 1. The molecule has 3 rings (SSSR count). The summed E-state index contributed by atoms with van der Waals surface area (Å²) in [6.07, 6.45) is 1.92. The molecule has 0 atom stereocenters. The number of hydrogen-bond donors (Lipinski definition) is 0. The third-order valence-corrected chi connectivity index (χ3v) is 5.19. The monoisotopic (exact) mass is 394 g/mol. The minimum atomic E-state index is 0.0125. The predicted octanol–water partition coefficient (Wildman–Crippen LogP) is 5.65. The molecule has 1 aliphatic heterocycles. The van der Waals surface area contributed by atoms with Crippen molar-refractivity contribution in [3.05, 3.63) is 64.6 Å². The van der Waals surface area contributed by atoms with Gasteiger partial charge in [-0.3, -0.25) is 9.69 Å². The molecular weight excluding hydrogens is 368 g/mol. The van der Waals surface area contributed by atoms with Gasteiger partial charge in [0.2, 0.25) is 0 Å². The molecule has 5 heteroatoms. The zero-order valence-electron chi connectivity index (χ0n) is 16.8. The Balaban J connectivity index is 1.88. The van der Waals surface area contributed by atoms with Gasteiger partial charge in [-0.05, 0) is 67.4 Å². The molecule has 146 valence electrons. The van der Waals surface area contributed by atoms with Crippen LogP contribution in [0, 0.1) is 12.8 Å². The Labute approximate surface area is 171 Å². The smallest absolute Gasteiger partial charge is 0.266 e. The van der Waals surface area contributed by atoms with Crippen molar-refractivity contribution >= 4 is 34.6 Å². The van der Waals surface area contributed by atoms with Crippen LogP contribution in [0.1, 0.15) is 31.9 Å². The summed E-state index contributed by atoms with van der Waals surface area (Å²) in [4.78, 5) is 20.2. The van der Waals surface area contributed by atoms with Crippen molar-refractivity contribution in [2.75, 3.05) is 13.2 Å². The number of amidine groups is 1. The molecule has 1 amide bonds. The van der Waals surface area contributed by atoms with Gasteiger partial charge in [-0.2, -0.15) is 0 Å². The van der Waals surface area contributed by atoms with Gasteiger partial charge >= 0.3 is 0 Å². The van der Waals surface area contributed by atoms with Crippen LogP contribution in [0.2, 0.25) is 0 Å². The topological polar surface area (TPSA) is 41.9 Å². The van der Waals surface area contributed by atoms with E-state index in [0.717, 1.165) is 22.2 Å². The average Bonchev–Trinajstić information content (AvgIpc) is 2.94. The van der Waals surface area contributed by atoms with Crippen LogP contribution >= 0.6 is 11.8 Å². The van der Waals surface area contributed by atoms with Crippen LogP contribution in [-0.4, -0.2) is 29.1 Å². The molecule has 28 heavy (non-hydrogen) atoms. The summed E-state index contributed by atoms with van der Waals surface area (Å²) in [5, 5.41) is 0.736. The summed E-state index contributed by atoms with van der Waals surface area (Å²) in [5.41, 5.74) is 3.02. The first-order valence-corrected chi connectivity index (χ1v) is 10.4. The minimum absolute atomic E-state index is 0.0125. The SMILES string of the molecule is CCOc1ccc(/C=C2/SC(=Nc3ccc(C)cc3)N(CC(C)C)C2=O)cc1. The Hall–Kier alpha value is -2.53. The van der Waals surface area contributed by atoms with Crippen LogP contribution in [0.5, 0.6) is 5.75 Å². The van der Waals surface area contributed by atoms with E-state index in [1.807, 2.05) is 68.5 Å². The standard InChI is InChI=1S/C23H26N2O2S/c1-5-27-20-12-8-18(9-13-20)14-21-22(26)25(15-16(2)3)23(28-21)24-19-10-6-17(4)7-11-19/h6-14,16H,5,15H2,1-4H3/b21-14+,24-23?.